The summed E-state index contributed by atoms with van der Waals surface area (Å²) in [4.78, 5) is 4.70. The van der Waals surface area contributed by atoms with Crippen LogP contribution in [0.1, 0.15) is 30.4 Å². The van der Waals surface area contributed by atoms with Gasteiger partial charge < -0.3 is 15.1 Å². The van der Waals surface area contributed by atoms with Crippen LogP contribution in [-0.4, -0.2) is 56.6 Å². The van der Waals surface area contributed by atoms with Crippen molar-refractivity contribution in [3.8, 4) is 0 Å². The van der Waals surface area contributed by atoms with Gasteiger partial charge in [0.15, 0.2) is 0 Å². The molecule has 1 aromatic carbocycles. The molecule has 0 heterocycles. The Morgan fingerprint density at radius 2 is 1.76 bits per heavy atom. The highest BCUT2D eigenvalue weighted by Gasteiger charge is 2.19. The normalized spacial score (nSPS) is 15.1. The molecule has 0 radical (unpaired) electrons. The van der Waals surface area contributed by atoms with Gasteiger partial charge in [0.1, 0.15) is 0 Å². The molecule has 0 amide bonds. The molecule has 1 saturated carbocycles. The van der Waals surface area contributed by atoms with Crippen LogP contribution < -0.4 is 5.32 Å². The van der Waals surface area contributed by atoms with Gasteiger partial charge in [-0.15, -0.1) is 0 Å². The van der Waals surface area contributed by atoms with Crippen molar-refractivity contribution in [2.75, 3.05) is 40.8 Å². The number of rotatable bonds is 10. The predicted molar refractivity (Wildman–Crippen MR) is 90.7 cm³/mol. The van der Waals surface area contributed by atoms with Gasteiger partial charge in [0.25, 0.3) is 0 Å². The molecule has 1 aromatic rings. The van der Waals surface area contributed by atoms with Crippen LogP contribution in [0.25, 0.3) is 0 Å². The van der Waals surface area contributed by atoms with E-state index in [1.54, 1.807) is 0 Å². The fourth-order valence-corrected chi connectivity index (χ4v) is 2.68. The number of hydrogen-bond acceptors (Lipinski definition) is 3. The fourth-order valence-electron chi connectivity index (χ4n) is 2.68. The summed E-state index contributed by atoms with van der Waals surface area (Å²) >= 11 is 0. The van der Waals surface area contributed by atoms with E-state index in [0.717, 1.165) is 38.6 Å². The van der Waals surface area contributed by atoms with E-state index in [4.69, 9.17) is 0 Å². The minimum Gasteiger partial charge on any atom is -0.314 e. The smallest absolute Gasteiger partial charge is 0.0233 e. The van der Waals surface area contributed by atoms with Crippen LogP contribution in [0, 0.1) is 0 Å². The highest BCUT2D eigenvalue weighted by Crippen LogP contribution is 2.19. The van der Waals surface area contributed by atoms with E-state index in [9.17, 15) is 0 Å². The highest BCUT2D eigenvalue weighted by molar-refractivity contribution is 5.27. The van der Waals surface area contributed by atoms with Gasteiger partial charge in [-0.05, 0) is 77.6 Å². The second-order valence-electron chi connectivity index (χ2n) is 6.64. The first-order valence-electron chi connectivity index (χ1n) is 8.28. The van der Waals surface area contributed by atoms with Crippen LogP contribution in [0.4, 0.5) is 0 Å². The Morgan fingerprint density at radius 3 is 2.43 bits per heavy atom. The summed E-state index contributed by atoms with van der Waals surface area (Å²) in [7, 11) is 6.51. The molecule has 0 spiro atoms. The zero-order valence-electron chi connectivity index (χ0n) is 13.9. The summed E-state index contributed by atoms with van der Waals surface area (Å²) in [5, 5.41) is 3.61. The maximum atomic E-state index is 3.61. The van der Waals surface area contributed by atoms with Crippen molar-refractivity contribution >= 4 is 0 Å². The molecule has 2 rings (SSSR count). The minimum atomic E-state index is 0.811. The Bertz CT molecular complexity index is 413. The molecule has 1 aliphatic rings. The summed E-state index contributed by atoms with van der Waals surface area (Å²) in [6, 6.07) is 9.72. The van der Waals surface area contributed by atoms with Crippen molar-refractivity contribution in [2.45, 2.75) is 38.3 Å². The standard InChI is InChI=1S/C18H31N3/c1-20(2)13-6-14-21(3)15-17-8-5-4-7-16(17)11-12-19-18-9-10-18/h4-5,7-8,18-19H,6,9-15H2,1-3H3. The maximum Gasteiger partial charge on any atom is 0.0233 e. The number of benzene rings is 1. The van der Waals surface area contributed by atoms with Crippen LogP contribution in [0.2, 0.25) is 0 Å². The second kappa shape index (κ2) is 8.52. The number of hydrogen-bond donors (Lipinski definition) is 1. The molecule has 118 valence electrons. The number of nitrogens with zero attached hydrogens (tertiary/aromatic N) is 2. The molecule has 0 unspecified atom stereocenters. The van der Waals surface area contributed by atoms with Gasteiger partial charge in [0.05, 0.1) is 0 Å². The van der Waals surface area contributed by atoms with E-state index in [1.807, 2.05) is 0 Å². The Labute approximate surface area is 130 Å². The van der Waals surface area contributed by atoms with Crippen molar-refractivity contribution < 1.29 is 0 Å². The van der Waals surface area contributed by atoms with Gasteiger partial charge in [0.2, 0.25) is 0 Å². The fraction of sp³-hybridized carbons (Fsp3) is 0.667. The van der Waals surface area contributed by atoms with Gasteiger partial charge in [0, 0.05) is 12.6 Å². The van der Waals surface area contributed by atoms with E-state index in [2.05, 4.69) is 60.5 Å². The van der Waals surface area contributed by atoms with E-state index < -0.39 is 0 Å². The van der Waals surface area contributed by atoms with E-state index in [1.165, 1.54) is 30.4 Å². The average Bonchev–Trinajstić information content (AvgIpc) is 3.24. The zero-order chi connectivity index (χ0) is 15.1. The van der Waals surface area contributed by atoms with Gasteiger partial charge in [-0.2, -0.15) is 0 Å². The van der Waals surface area contributed by atoms with Crippen molar-refractivity contribution in [1.29, 1.82) is 0 Å². The lowest BCUT2D eigenvalue weighted by atomic mass is 10.0. The second-order valence-corrected chi connectivity index (χ2v) is 6.64. The van der Waals surface area contributed by atoms with Crippen LogP contribution in [0.5, 0.6) is 0 Å². The summed E-state index contributed by atoms with van der Waals surface area (Å²) in [6.45, 7) is 4.50. The molecular weight excluding hydrogens is 258 g/mol. The molecular formula is C18H31N3. The molecule has 0 aromatic heterocycles. The zero-order valence-corrected chi connectivity index (χ0v) is 13.9. The molecule has 0 atom stereocenters. The van der Waals surface area contributed by atoms with Crippen molar-refractivity contribution in [1.82, 2.24) is 15.1 Å². The minimum absolute atomic E-state index is 0.811. The molecule has 0 saturated heterocycles. The first-order valence-corrected chi connectivity index (χ1v) is 8.28. The number of nitrogens with one attached hydrogen (secondary N) is 1. The largest absolute Gasteiger partial charge is 0.314 e. The predicted octanol–water partition coefficient (Wildman–Crippen LogP) is 2.36. The maximum absolute atomic E-state index is 3.61. The monoisotopic (exact) mass is 289 g/mol. The molecule has 1 N–H and O–H groups in total. The molecule has 0 aliphatic heterocycles. The van der Waals surface area contributed by atoms with Crippen LogP contribution in [-0.2, 0) is 13.0 Å². The lowest BCUT2D eigenvalue weighted by Gasteiger charge is -2.20. The topological polar surface area (TPSA) is 18.5 Å². The quantitative estimate of drug-likeness (QED) is 0.713. The highest BCUT2D eigenvalue weighted by atomic mass is 15.1. The van der Waals surface area contributed by atoms with Crippen LogP contribution >= 0.6 is 0 Å². The molecule has 1 aliphatic carbocycles. The van der Waals surface area contributed by atoms with Gasteiger partial charge in [-0.3, -0.25) is 0 Å². The molecule has 0 bridgehead atoms. The molecule has 21 heavy (non-hydrogen) atoms. The van der Waals surface area contributed by atoms with E-state index in [-0.39, 0.29) is 0 Å². The third-order valence-electron chi connectivity index (χ3n) is 4.11. The first-order chi connectivity index (χ1) is 10.1. The first kappa shape index (κ1) is 16.5. The van der Waals surface area contributed by atoms with E-state index >= 15 is 0 Å². The summed E-state index contributed by atoms with van der Waals surface area (Å²) < 4.78 is 0. The van der Waals surface area contributed by atoms with Crippen molar-refractivity contribution in [3.63, 3.8) is 0 Å². The third kappa shape index (κ3) is 6.60. The summed E-state index contributed by atoms with van der Waals surface area (Å²) in [5.41, 5.74) is 2.99. The van der Waals surface area contributed by atoms with Gasteiger partial charge in [-0.25, -0.2) is 0 Å². The Kier molecular flexibility index (Phi) is 6.68. The SMILES string of the molecule is CN(C)CCCN(C)Cc1ccccc1CCNC1CC1. The lowest BCUT2D eigenvalue weighted by molar-refractivity contribution is 0.294. The third-order valence-corrected chi connectivity index (χ3v) is 4.11. The Morgan fingerprint density at radius 1 is 1.05 bits per heavy atom. The molecule has 3 heteroatoms. The van der Waals surface area contributed by atoms with E-state index in [0.29, 0.717) is 0 Å². The molecule has 3 nitrogen and oxygen atoms in total. The van der Waals surface area contributed by atoms with Crippen molar-refractivity contribution in [3.05, 3.63) is 35.4 Å². The van der Waals surface area contributed by atoms with Crippen LogP contribution in [0.3, 0.4) is 0 Å². The van der Waals surface area contributed by atoms with Gasteiger partial charge >= 0.3 is 0 Å². The summed E-state index contributed by atoms with van der Waals surface area (Å²) in [5.74, 6) is 0. The Hall–Kier alpha value is -0.900. The molecule has 1 fully saturated rings. The lowest BCUT2D eigenvalue weighted by Crippen LogP contribution is -2.24. The van der Waals surface area contributed by atoms with Gasteiger partial charge in [-0.1, -0.05) is 24.3 Å². The van der Waals surface area contributed by atoms with Crippen molar-refractivity contribution in [2.24, 2.45) is 0 Å². The van der Waals surface area contributed by atoms with Crippen LogP contribution in [0.15, 0.2) is 24.3 Å². The summed E-state index contributed by atoms with van der Waals surface area (Å²) in [6.07, 6.45) is 5.12. The Balaban J connectivity index is 1.77. The average molecular weight is 289 g/mol.